The Morgan fingerprint density at radius 2 is 1.86 bits per heavy atom. The van der Waals surface area contributed by atoms with Crippen molar-refractivity contribution in [2.75, 3.05) is 0 Å². The molecule has 0 aliphatic heterocycles. The maximum Gasteiger partial charge on any atom is 0.139 e. The van der Waals surface area contributed by atoms with Gasteiger partial charge in [-0.15, -0.1) is 0 Å². The van der Waals surface area contributed by atoms with Crippen molar-refractivity contribution in [3.63, 3.8) is 0 Å². The summed E-state index contributed by atoms with van der Waals surface area (Å²) in [5, 5.41) is 27.9. The number of hydroxylamine groups is 2. The molecule has 0 amide bonds. The fourth-order valence-corrected chi connectivity index (χ4v) is 1.50. The molecule has 0 heterocycles. The summed E-state index contributed by atoms with van der Waals surface area (Å²) in [4.78, 5) is 0. The summed E-state index contributed by atoms with van der Waals surface area (Å²) in [6, 6.07) is 0. The van der Waals surface area contributed by atoms with Gasteiger partial charge in [-0.2, -0.15) is 5.26 Å². The van der Waals surface area contributed by atoms with Crippen LogP contribution in [0, 0.1) is 15.9 Å². The zero-order valence-electron chi connectivity index (χ0n) is 6.17. The molecule has 78 valence electrons. The molecule has 0 aromatic heterocycles. The van der Waals surface area contributed by atoms with Gasteiger partial charge in [-0.25, -0.2) is 0 Å². The van der Waals surface area contributed by atoms with Gasteiger partial charge in [0.1, 0.15) is 14.3 Å². The summed E-state index contributed by atoms with van der Waals surface area (Å²) in [6.07, 6.45) is 0. The van der Waals surface area contributed by atoms with Crippen LogP contribution in [-0.4, -0.2) is 10.4 Å². The topological polar surface area (TPSA) is 70.3 Å². The Balaban J connectivity index is 5.28. The monoisotopic (exact) mass is 293 g/mol. The highest BCUT2D eigenvalue weighted by atomic mass is 35.5. The molecule has 0 fully saturated rings. The number of nitrogens with zero attached hydrogens (tertiary/aromatic N) is 2. The summed E-state index contributed by atoms with van der Waals surface area (Å²) >= 11 is 21.9. The lowest BCUT2D eigenvalue weighted by Crippen LogP contribution is -2.11. The molecule has 9 heteroatoms. The lowest BCUT2D eigenvalue weighted by molar-refractivity contribution is 0.000417. The molecule has 0 saturated carbocycles. The van der Waals surface area contributed by atoms with Crippen LogP contribution in [-0.2, 0) is 0 Å². The number of rotatable bonds is 3. The number of hydrogen-bond acceptors (Lipinski definition) is 5. The molecular formula is C5HCl4N2O2S-. The molecule has 0 aromatic carbocycles. The Morgan fingerprint density at radius 3 is 2.14 bits per heavy atom. The zero-order chi connectivity index (χ0) is 11.3. The quantitative estimate of drug-likeness (QED) is 0.488. The minimum absolute atomic E-state index is 0.339. The van der Waals surface area contributed by atoms with Gasteiger partial charge in [0.25, 0.3) is 0 Å². The standard InChI is InChI=1S/C5HCl4N2O2S/c6-2(4(7)8)3(11(12)13)5(9)14-1-10/h12H/q-1/b5-3-. The van der Waals surface area contributed by atoms with Gasteiger partial charge < -0.3 is 10.4 Å². The summed E-state index contributed by atoms with van der Waals surface area (Å²) < 4.78 is -0.790. The molecule has 0 spiro atoms. The van der Waals surface area contributed by atoms with Crippen molar-refractivity contribution in [3.05, 3.63) is 24.8 Å². The number of allylic oxidation sites excluding steroid dienone is 1. The molecule has 0 unspecified atom stereocenters. The van der Waals surface area contributed by atoms with Crippen LogP contribution in [0.15, 0.2) is 19.6 Å². The van der Waals surface area contributed by atoms with Gasteiger partial charge in [-0.3, -0.25) is 5.21 Å². The highest BCUT2D eigenvalue weighted by molar-refractivity contribution is 8.08. The number of nitriles is 1. The van der Waals surface area contributed by atoms with E-state index in [-0.39, 0.29) is 4.36 Å². The Kier molecular flexibility index (Phi) is 6.74. The Labute approximate surface area is 104 Å². The van der Waals surface area contributed by atoms with E-state index in [2.05, 4.69) is 0 Å². The maximum absolute atomic E-state index is 10.6. The van der Waals surface area contributed by atoms with Crippen LogP contribution in [0.2, 0.25) is 0 Å². The van der Waals surface area contributed by atoms with Crippen LogP contribution >= 0.6 is 58.2 Å². The first-order valence-electron chi connectivity index (χ1n) is 2.74. The molecule has 0 radical (unpaired) electrons. The molecule has 0 saturated heterocycles. The maximum atomic E-state index is 10.6. The highest BCUT2D eigenvalue weighted by Crippen LogP contribution is 2.34. The van der Waals surface area contributed by atoms with E-state index in [9.17, 15) is 5.21 Å². The number of halogens is 4. The molecule has 0 atom stereocenters. The molecular weight excluding hydrogens is 294 g/mol. The normalized spacial score (nSPS) is 11.5. The number of hydrogen-bond donors (Lipinski definition) is 1. The van der Waals surface area contributed by atoms with Gasteiger partial charge in [-0.1, -0.05) is 46.4 Å². The summed E-state index contributed by atoms with van der Waals surface area (Å²) in [6.45, 7) is 0. The predicted molar refractivity (Wildman–Crippen MR) is 57.7 cm³/mol. The van der Waals surface area contributed by atoms with Crippen LogP contribution in [0.1, 0.15) is 0 Å². The first-order valence-corrected chi connectivity index (χ1v) is 5.07. The fraction of sp³-hybridized carbons (Fsp3) is 0. The van der Waals surface area contributed by atoms with E-state index >= 15 is 0 Å². The van der Waals surface area contributed by atoms with E-state index < -0.39 is 20.4 Å². The molecule has 0 aromatic rings. The second-order valence-electron chi connectivity index (χ2n) is 1.66. The van der Waals surface area contributed by atoms with E-state index in [0.717, 1.165) is 0 Å². The van der Waals surface area contributed by atoms with Crippen molar-refractivity contribution < 1.29 is 5.21 Å². The SMILES string of the molecule is N#CS/C(Cl)=C(/C(Cl)=C(Cl)Cl)N([O-])O. The first kappa shape index (κ1) is 14.2. The van der Waals surface area contributed by atoms with Gasteiger partial charge in [0.2, 0.25) is 0 Å². The lowest BCUT2D eigenvalue weighted by atomic mass is 10.5. The molecule has 0 rings (SSSR count). The van der Waals surface area contributed by atoms with Gasteiger partial charge in [0.15, 0.2) is 0 Å². The minimum atomic E-state index is -0.625. The minimum Gasteiger partial charge on any atom is -0.733 e. The third kappa shape index (κ3) is 4.15. The van der Waals surface area contributed by atoms with Crippen LogP contribution < -0.4 is 0 Å². The van der Waals surface area contributed by atoms with E-state index in [1.54, 1.807) is 5.40 Å². The van der Waals surface area contributed by atoms with Crippen LogP contribution in [0.5, 0.6) is 0 Å². The van der Waals surface area contributed by atoms with Crippen molar-refractivity contribution in [2.24, 2.45) is 0 Å². The summed E-state index contributed by atoms with van der Waals surface area (Å²) in [7, 11) is 0. The average molecular weight is 295 g/mol. The molecule has 0 aliphatic carbocycles. The van der Waals surface area contributed by atoms with Gasteiger partial charge >= 0.3 is 0 Å². The zero-order valence-corrected chi connectivity index (χ0v) is 10.0. The average Bonchev–Trinajstić information content (AvgIpc) is 2.03. The van der Waals surface area contributed by atoms with Gasteiger partial charge in [-0.05, 0) is 0 Å². The molecule has 0 bridgehead atoms. The molecule has 14 heavy (non-hydrogen) atoms. The van der Waals surface area contributed by atoms with Crippen molar-refractivity contribution in [1.82, 2.24) is 5.23 Å². The Hall–Kier alpha value is 0.200. The molecule has 0 aliphatic rings. The molecule has 1 N–H and O–H groups in total. The largest absolute Gasteiger partial charge is 0.733 e. The number of thioether (sulfide) groups is 1. The summed E-state index contributed by atoms with van der Waals surface area (Å²) in [5.74, 6) is 0. The second-order valence-corrected chi connectivity index (χ2v) is 4.39. The highest BCUT2D eigenvalue weighted by Gasteiger charge is 2.13. The van der Waals surface area contributed by atoms with E-state index in [1.165, 1.54) is 0 Å². The van der Waals surface area contributed by atoms with E-state index in [0.29, 0.717) is 11.8 Å². The third-order valence-electron chi connectivity index (χ3n) is 0.887. The predicted octanol–water partition coefficient (Wildman–Crippen LogP) is 3.68. The Bertz CT molecular complexity index is 318. The van der Waals surface area contributed by atoms with Crippen molar-refractivity contribution in [2.45, 2.75) is 0 Å². The molecule has 4 nitrogen and oxygen atoms in total. The van der Waals surface area contributed by atoms with Crippen LogP contribution in [0.4, 0.5) is 0 Å². The summed E-state index contributed by atoms with van der Waals surface area (Å²) in [5.41, 5.74) is -0.583. The Morgan fingerprint density at radius 1 is 1.36 bits per heavy atom. The first-order chi connectivity index (χ1) is 6.41. The van der Waals surface area contributed by atoms with Crippen LogP contribution in [0.3, 0.4) is 0 Å². The van der Waals surface area contributed by atoms with E-state index in [4.69, 9.17) is 56.9 Å². The van der Waals surface area contributed by atoms with Crippen molar-refractivity contribution >= 4 is 58.2 Å². The van der Waals surface area contributed by atoms with Crippen LogP contribution in [0.25, 0.3) is 0 Å². The van der Waals surface area contributed by atoms with E-state index in [1.807, 2.05) is 0 Å². The van der Waals surface area contributed by atoms with Crippen molar-refractivity contribution in [3.8, 4) is 5.40 Å². The van der Waals surface area contributed by atoms with Gasteiger partial charge in [0, 0.05) is 11.8 Å². The van der Waals surface area contributed by atoms with Crippen molar-refractivity contribution in [1.29, 1.82) is 5.26 Å². The fourth-order valence-electron chi connectivity index (χ4n) is 0.423. The smallest absolute Gasteiger partial charge is 0.139 e. The lowest BCUT2D eigenvalue weighted by Gasteiger charge is -2.25. The second kappa shape index (κ2) is 6.64. The van der Waals surface area contributed by atoms with Gasteiger partial charge in [0.05, 0.1) is 10.7 Å². The number of thiocyanates is 1. The third-order valence-corrected chi connectivity index (χ3v) is 2.70.